The number of aromatic nitrogens is 2. The number of rotatable bonds is 5. The highest BCUT2D eigenvalue weighted by atomic mass is 16.5. The van der Waals surface area contributed by atoms with E-state index in [2.05, 4.69) is 32.1 Å². The van der Waals surface area contributed by atoms with Gasteiger partial charge in [0.2, 0.25) is 5.95 Å². The van der Waals surface area contributed by atoms with E-state index in [1.165, 1.54) is 6.20 Å². The van der Waals surface area contributed by atoms with E-state index in [0.717, 1.165) is 17.9 Å². The third-order valence-electron chi connectivity index (χ3n) is 3.53. The van der Waals surface area contributed by atoms with Gasteiger partial charge in [-0.1, -0.05) is 6.92 Å². The predicted molar refractivity (Wildman–Crippen MR) is 84.8 cm³/mol. The molecule has 0 saturated carbocycles. The monoisotopic (exact) mass is 290 g/mol. The Kier molecular flexibility index (Phi) is 4.42. The van der Waals surface area contributed by atoms with E-state index in [9.17, 15) is 0 Å². The Morgan fingerprint density at radius 1 is 1.67 bits per heavy atom. The number of allylic oxidation sites excluding steroid dienone is 1. The number of nitrogens with zero attached hydrogens (tertiary/aromatic N) is 4. The maximum absolute atomic E-state index is 5.53. The number of nitrogens with two attached hydrogens (primary N) is 1. The molecule has 1 aromatic heterocycles. The van der Waals surface area contributed by atoms with Gasteiger partial charge in [-0.25, -0.2) is 4.98 Å². The van der Waals surface area contributed by atoms with Gasteiger partial charge in [-0.15, -0.1) is 0 Å². The molecule has 0 spiro atoms. The molecule has 1 aromatic rings. The Bertz CT molecular complexity index is 571. The van der Waals surface area contributed by atoms with Crippen molar-refractivity contribution in [3.8, 4) is 0 Å². The largest absolute Gasteiger partial charge is 0.403 e. The van der Waals surface area contributed by atoms with Crippen molar-refractivity contribution in [1.82, 2.24) is 9.97 Å². The molecular formula is C14H22N6O. The summed E-state index contributed by atoms with van der Waals surface area (Å²) in [6, 6.07) is 0. The molecule has 0 bridgehead atoms. The predicted octanol–water partition coefficient (Wildman–Crippen LogP) is 0.743. The lowest BCUT2D eigenvalue weighted by Crippen LogP contribution is -2.33. The minimum absolute atomic E-state index is 0.0885. The number of hydrogen-bond acceptors (Lipinski definition) is 7. The van der Waals surface area contributed by atoms with Crippen LogP contribution < -0.4 is 16.0 Å². The summed E-state index contributed by atoms with van der Waals surface area (Å²) in [5.41, 5.74) is 7.19. The van der Waals surface area contributed by atoms with Crippen LogP contribution in [0.1, 0.15) is 12.5 Å². The number of anilines is 2. The SMILES string of the molecule is CN=C/C(=C\N)Nc1ncc2c(n1)N(C)C[C@@]2(C)COC. The summed E-state index contributed by atoms with van der Waals surface area (Å²) in [7, 11) is 5.41. The van der Waals surface area contributed by atoms with Crippen molar-refractivity contribution in [2.75, 3.05) is 44.6 Å². The van der Waals surface area contributed by atoms with E-state index >= 15 is 0 Å². The van der Waals surface area contributed by atoms with E-state index in [-0.39, 0.29) is 5.41 Å². The molecule has 0 radical (unpaired) electrons. The van der Waals surface area contributed by atoms with Crippen LogP contribution in [0.25, 0.3) is 0 Å². The summed E-state index contributed by atoms with van der Waals surface area (Å²) in [5.74, 6) is 1.41. The number of nitrogens with one attached hydrogen (secondary N) is 1. The van der Waals surface area contributed by atoms with E-state index in [0.29, 0.717) is 18.3 Å². The molecule has 0 amide bonds. The van der Waals surface area contributed by atoms with Crippen LogP contribution in [0.15, 0.2) is 23.1 Å². The van der Waals surface area contributed by atoms with Gasteiger partial charge in [0.05, 0.1) is 12.3 Å². The first-order valence-corrected chi connectivity index (χ1v) is 6.72. The quantitative estimate of drug-likeness (QED) is 0.778. The van der Waals surface area contributed by atoms with Gasteiger partial charge in [0, 0.05) is 57.3 Å². The Labute approximate surface area is 124 Å². The fourth-order valence-corrected chi connectivity index (χ4v) is 2.66. The summed E-state index contributed by atoms with van der Waals surface area (Å²) in [6.45, 7) is 3.64. The zero-order valence-corrected chi connectivity index (χ0v) is 12.9. The number of likely N-dealkylation sites (N-methyl/N-ethyl adjacent to an activating group) is 1. The maximum Gasteiger partial charge on any atom is 0.229 e. The highest BCUT2D eigenvalue weighted by Gasteiger charge is 2.39. The Hall–Kier alpha value is -2.15. The van der Waals surface area contributed by atoms with Crippen LogP contribution in [-0.4, -0.2) is 50.5 Å². The Balaban J connectivity index is 2.30. The van der Waals surface area contributed by atoms with Crippen molar-refractivity contribution in [3.05, 3.63) is 23.7 Å². The molecule has 1 aliphatic rings. The summed E-state index contributed by atoms with van der Waals surface area (Å²) >= 11 is 0. The highest BCUT2D eigenvalue weighted by molar-refractivity contribution is 5.82. The first kappa shape index (κ1) is 15.2. The summed E-state index contributed by atoms with van der Waals surface area (Å²) in [5, 5.41) is 3.05. The highest BCUT2D eigenvalue weighted by Crippen LogP contribution is 2.38. The Morgan fingerprint density at radius 2 is 2.43 bits per heavy atom. The van der Waals surface area contributed by atoms with E-state index in [1.54, 1.807) is 20.4 Å². The minimum atomic E-state index is -0.0885. The van der Waals surface area contributed by atoms with Crippen molar-refractivity contribution in [1.29, 1.82) is 0 Å². The van der Waals surface area contributed by atoms with Crippen LogP contribution in [0.4, 0.5) is 11.8 Å². The number of aliphatic imine (C=N–C) groups is 1. The van der Waals surface area contributed by atoms with Gasteiger partial charge in [0.15, 0.2) is 0 Å². The second-order valence-electron chi connectivity index (χ2n) is 5.41. The topological polar surface area (TPSA) is 88.7 Å². The molecule has 1 atom stereocenters. The molecular weight excluding hydrogens is 268 g/mol. The van der Waals surface area contributed by atoms with Gasteiger partial charge in [-0.05, 0) is 0 Å². The zero-order valence-electron chi connectivity index (χ0n) is 12.9. The van der Waals surface area contributed by atoms with Crippen LogP contribution in [0.2, 0.25) is 0 Å². The average molecular weight is 290 g/mol. The molecule has 7 heteroatoms. The normalized spacial score (nSPS) is 21.9. The molecule has 3 N–H and O–H groups in total. The smallest absolute Gasteiger partial charge is 0.229 e. The van der Waals surface area contributed by atoms with Crippen LogP contribution in [0, 0.1) is 0 Å². The first-order valence-electron chi connectivity index (χ1n) is 6.72. The van der Waals surface area contributed by atoms with Gasteiger partial charge in [0.1, 0.15) is 5.82 Å². The van der Waals surface area contributed by atoms with Crippen LogP contribution in [-0.2, 0) is 10.2 Å². The lowest BCUT2D eigenvalue weighted by molar-refractivity contribution is 0.145. The van der Waals surface area contributed by atoms with Crippen molar-refractivity contribution >= 4 is 18.0 Å². The van der Waals surface area contributed by atoms with Gasteiger partial charge in [0.25, 0.3) is 0 Å². The standard InChI is InChI=1S/C14H22N6O/c1-14(9-21-4)8-20(3)12-11(14)7-17-13(19-12)18-10(5-15)6-16-2/h5-7H,8-9,15H2,1-4H3,(H,17,18,19)/b10-5+,16-6?/t14-/m0/s1. The molecule has 21 heavy (non-hydrogen) atoms. The van der Waals surface area contributed by atoms with Gasteiger partial charge >= 0.3 is 0 Å². The number of methoxy groups -OCH3 is 1. The third-order valence-corrected chi connectivity index (χ3v) is 3.53. The molecule has 1 aliphatic heterocycles. The number of ether oxygens (including phenoxy) is 1. The van der Waals surface area contributed by atoms with Crippen molar-refractivity contribution < 1.29 is 4.74 Å². The fourth-order valence-electron chi connectivity index (χ4n) is 2.66. The van der Waals surface area contributed by atoms with Crippen molar-refractivity contribution in [2.45, 2.75) is 12.3 Å². The van der Waals surface area contributed by atoms with Crippen LogP contribution in [0.5, 0.6) is 0 Å². The molecule has 0 aromatic carbocycles. The Morgan fingerprint density at radius 3 is 3.05 bits per heavy atom. The van der Waals surface area contributed by atoms with Gasteiger partial charge in [-0.3, -0.25) is 4.99 Å². The molecule has 7 nitrogen and oxygen atoms in total. The average Bonchev–Trinajstić information content (AvgIpc) is 2.70. The number of fused-ring (bicyclic) bond motifs is 1. The van der Waals surface area contributed by atoms with Crippen LogP contribution in [0.3, 0.4) is 0 Å². The summed E-state index contributed by atoms with van der Waals surface area (Å²) in [4.78, 5) is 15.0. The first-order chi connectivity index (χ1) is 10.0. The van der Waals surface area contributed by atoms with E-state index < -0.39 is 0 Å². The summed E-state index contributed by atoms with van der Waals surface area (Å²) in [6.07, 6.45) is 4.90. The fraction of sp³-hybridized carbons (Fsp3) is 0.500. The minimum Gasteiger partial charge on any atom is -0.403 e. The summed E-state index contributed by atoms with van der Waals surface area (Å²) < 4.78 is 5.34. The molecule has 0 unspecified atom stereocenters. The van der Waals surface area contributed by atoms with Gasteiger partial charge < -0.3 is 20.7 Å². The molecule has 0 fully saturated rings. The second-order valence-corrected chi connectivity index (χ2v) is 5.41. The molecule has 2 heterocycles. The lowest BCUT2D eigenvalue weighted by Gasteiger charge is -2.23. The number of hydrogen-bond donors (Lipinski definition) is 2. The van der Waals surface area contributed by atoms with E-state index in [4.69, 9.17) is 10.5 Å². The van der Waals surface area contributed by atoms with Crippen molar-refractivity contribution in [3.63, 3.8) is 0 Å². The van der Waals surface area contributed by atoms with E-state index in [1.807, 2.05) is 13.2 Å². The maximum atomic E-state index is 5.53. The zero-order chi connectivity index (χ0) is 15.5. The van der Waals surface area contributed by atoms with Crippen molar-refractivity contribution in [2.24, 2.45) is 10.7 Å². The van der Waals surface area contributed by atoms with Crippen LogP contribution >= 0.6 is 0 Å². The lowest BCUT2D eigenvalue weighted by atomic mass is 9.87. The third kappa shape index (κ3) is 2.97. The molecule has 0 saturated heterocycles. The molecule has 2 rings (SSSR count). The second kappa shape index (κ2) is 6.09. The molecule has 114 valence electrons. The van der Waals surface area contributed by atoms with Gasteiger partial charge in [-0.2, -0.15) is 4.98 Å². The molecule has 0 aliphatic carbocycles.